The summed E-state index contributed by atoms with van der Waals surface area (Å²) >= 11 is 0. The minimum Gasteiger partial charge on any atom is -0.364 e. The number of carbonyl (C=O) groups is 1. The zero-order valence-electron chi connectivity index (χ0n) is 13.2. The third-order valence-electron chi connectivity index (χ3n) is 3.77. The van der Waals surface area contributed by atoms with Crippen molar-refractivity contribution in [2.75, 3.05) is 26.2 Å². The van der Waals surface area contributed by atoms with E-state index >= 15 is 0 Å². The number of carbonyl (C=O) groups excluding carboxylic acids is 1. The molecule has 1 saturated heterocycles. The number of hydrogen-bond donors (Lipinski definition) is 1. The van der Waals surface area contributed by atoms with Crippen molar-refractivity contribution in [3.05, 3.63) is 18.0 Å². The Hall–Kier alpha value is -1.16. The van der Waals surface area contributed by atoms with Crippen LogP contribution in [-0.4, -0.2) is 60.9 Å². The third kappa shape index (κ3) is 4.90. The molecule has 132 valence electrons. The molecule has 0 aromatic carbocycles. The van der Waals surface area contributed by atoms with E-state index in [1.807, 2.05) is 13.8 Å². The molecule has 1 aliphatic rings. The van der Waals surface area contributed by atoms with E-state index in [1.54, 1.807) is 4.90 Å². The number of amides is 1. The van der Waals surface area contributed by atoms with Gasteiger partial charge < -0.3 is 15.2 Å². The highest BCUT2D eigenvalue weighted by atomic mass is 35.5. The van der Waals surface area contributed by atoms with Gasteiger partial charge in [0.15, 0.2) is 0 Å². The van der Waals surface area contributed by atoms with E-state index in [0.29, 0.717) is 18.8 Å². The lowest BCUT2D eigenvalue weighted by Gasteiger charge is -2.35. The fourth-order valence-corrected chi connectivity index (χ4v) is 3.70. The van der Waals surface area contributed by atoms with Crippen molar-refractivity contribution in [3.8, 4) is 0 Å². The van der Waals surface area contributed by atoms with Gasteiger partial charge in [0.2, 0.25) is 15.9 Å². The van der Waals surface area contributed by atoms with Gasteiger partial charge in [0.1, 0.15) is 12.0 Å². The zero-order chi connectivity index (χ0) is 16.3. The van der Waals surface area contributed by atoms with Gasteiger partial charge >= 0.3 is 0 Å². The highest BCUT2D eigenvalue weighted by molar-refractivity contribution is 7.88. The van der Waals surface area contributed by atoms with E-state index in [1.165, 1.54) is 16.6 Å². The number of sulfonamides is 1. The first-order chi connectivity index (χ1) is 10.3. The summed E-state index contributed by atoms with van der Waals surface area (Å²) in [7, 11) is -3.45. The second-order valence-corrected chi connectivity index (χ2v) is 7.71. The topological polar surface area (TPSA) is 110 Å². The van der Waals surface area contributed by atoms with Crippen LogP contribution >= 0.6 is 12.4 Å². The van der Waals surface area contributed by atoms with Crippen LogP contribution < -0.4 is 5.73 Å². The maximum atomic E-state index is 12.3. The highest BCUT2D eigenvalue weighted by Gasteiger charge is 2.31. The molecule has 2 N–H and O–H groups in total. The standard InChI is InChI=1S/C13H22N4O4S.ClH/c1-10(2)12(14)13(18)16-4-6-17(7-5-16)22(19,20)9-11-3-8-21-15-11;/h3,8,10,12H,4-7,9,14H2,1-2H3;1H/t12-;/m0./s1. The molecule has 1 amide bonds. The van der Waals surface area contributed by atoms with Crippen molar-refractivity contribution < 1.29 is 17.7 Å². The van der Waals surface area contributed by atoms with Crippen LogP contribution in [0, 0.1) is 5.92 Å². The van der Waals surface area contributed by atoms with Crippen LogP contribution in [0.3, 0.4) is 0 Å². The first kappa shape index (κ1) is 19.9. The third-order valence-corrected chi connectivity index (χ3v) is 5.58. The van der Waals surface area contributed by atoms with Gasteiger partial charge in [0.25, 0.3) is 0 Å². The van der Waals surface area contributed by atoms with Gasteiger partial charge in [-0.2, -0.15) is 4.31 Å². The van der Waals surface area contributed by atoms with Crippen LogP contribution in [0.5, 0.6) is 0 Å². The average Bonchev–Trinajstić information content (AvgIpc) is 2.98. The Kier molecular flexibility index (Phi) is 7.00. The number of halogens is 1. The van der Waals surface area contributed by atoms with Crippen molar-refractivity contribution in [1.29, 1.82) is 0 Å². The molecule has 23 heavy (non-hydrogen) atoms. The summed E-state index contributed by atoms with van der Waals surface area (Å²) in [6.07, 6.45) is 1.34. The SMILES string of the molecule is CC(C)[C@H](N)C(=O)N1CCN(S(=O)(=O)Cc2ccon2)CC1.Cl. The summed E-state index contributed by atoms with van der Waals surface area (Å²) in [5.74, 6) is -0.256. The summed E-state index contributed by atoms with van der Waals surface area (Å²) in [4.78, 5) is 13.8. The van der Waals surface area contributed by atoms with Crippen molar-refractivity contribution in [2.24, 2.45) is 11.7 Å². The Balaban J connectivity index is 0.00000264. The Labute approximate surface area is 142 Å². The van der Waals surface area contributed by atoms with Crippen LogP contribution in [-0.2, 0) is 20.6 Å². The van der Waals surface area contributed by atoms with Crippen molar-refractivity contribution >= 4 is 28.3 Å². The molecule has 1 aromatic rings. The maximum Gasteiger partial charge on any atom is 0.239 e. The van der Waals surface area contributed by atoms with Crippen LogP contribution in [0.4, 0.5) is 0 Å². The fourth-order valence-electron chi connectivity index (χ4n) is 2.27. The van der Waals surface area contributed by atoms with E-state index in [2.05, 4.69) is 9.68 Å². The second-order valence-electron chi connectivity index (χ2n) is 5.74. The molecule has 1 fully saturated rings. The molecule has 0 aliphatic carbocycles. The Morgan fingerprint density at radius 3 is 2.43 bits per heavy atom. The molecule has 8 nitrogen and oxygen atoms in total. The molecular formula is C13H23ClN4O4S. The number of rotatable bonds is 5. The Bertz CT molecular complexity index is 598. The average molecular weight is 367 g/mol. The van der Waals surface area contributed by atoms with Gasteiger partial charge in [-0.1, -0.05) is 19.0 Å². The Morgan fingerprint density at radius 1 is 1.35 bits per heavy atom. The van der Waals surface area contributed by atoms with Crippen molar-refractivity contribution in [2.45, 2.75) is 25.6 Å². The zero-order valence-corrected chi connectivity index (χ0v) is 14.8. The number of aromatic nitrogens is 1. The molecular weight excluding hydrogens is 344 g/mol. The Morgan fingerprint density at radius 2 is 1.96 bits per heavy atom. The molecule has 0 spiro atoms. The highest BCUT2D eigenvalue weighted by Crippen LogP contribution is 2.14. The van der Waals surface area contributed by atoms with Gasteiger partial charge in [0, 0.05) is 32.2 Å². The number of piperazine rings is 1. The monoisotopic (exact) mass is 366 g/mol. The lowest BCUT2D eigenvalue weighted by Crippen LogP contribution is -2.55. The van der Waals surface area contributed by atoms with E-state index in [9.17, 15) is 13.2 Å². The molecule has 0 saturated carbocycles. The van der Waals surface area contributed by atoms with E-state index in [-0.39, 0.29) is 43.1 Å². The minimum absolute atomic E-state index is 0. The van der Waals surface area contributed by atoms with E-state index in [0.717, 1.165) is 0 Å². The predicted molar refractivity (Wildman–Crippen MR) is 87.3 cm³/mol. The number of nitrogens with zero attached hydrogens (tertiary/aromatic N) is 3. The smallest absolute Gasteiger partial charge is 0.239 e. The number of nitrogens with two attached hydrogens (primary N) is 1. The molecule has 0 bridgehead atoms. The van der Waals surface area contributed by atoms with Crippen LogP contribution in [0.25, 0.3) is 0 Å². The molecule has 0 radical (unpaired) electrons. The molecule has 2 rings (SSSR count). The lowest BCUT2D eigenvalue weighted by molar-refractivity contribution is -0.134. The minimum atomic E-state index is -3.45. The van der Waals surface area contributed by atoms with Crippen LogP contribution in [0.2, 0.25) is 0 Å². The quantitative estimate of drug-likeness (QED) is 0.788. The molecule has 1 aromatic heterocycles. The summed E-state index contributed by atoms with van der Waals surface area (Å²) in [6.45, 7) is 5.05. The molecule has 2 heterocycles. The first-order valence-corrected chi connectivity index (χ1v) is 8.83. The normalized spacial score (nSPS) is 17.8. The summed E-state index contributed by atoms with van der Waals surface area (Å²) in [5.41, 5.74) is 6.24. The van der Waals surface area contributed by atoms with Crippen LogP contribution in [0.1, 0.15) is 19.5 Å². The van der Waals surface area contributed by atoms with Crippen molar-refractivity contribution in [1.82, 2.24) is 14.4 Å². The molecule has 1 aliphatic heterocycles. The largest absolute Gasteiger partial charge is 0.364 e. The summed E-state index contributed by atoms with van der Waals surface area (Å²) in [5, 5.41) is 3.62. The van der Waals surface area contributed by atoms with Gasteiger partial charge in [-0.25, -0.2) is 8.42 Å². The first-order valence-electron chi connectivity index (χ1n) is 7.22. The van der Waals surface area contributed by atoms with Gasteiger partial charge in [-0.3, -0.25) is 4.79 Å². The summed E-state index contributed by atoms with van der Waals surface area (Å²) < 4.78 is 30.6. The number of hydrogen-bond acceptors (Lipinski definition) is 6. The van der Waals surface area contributed by atoms with E-state index in [4.69, 9.17) is 5.73 Å². The molecule has 1 atom stereocenters. The lowest BCUT2D eigenvalue weighted by atomic mass is 10.0. The molecule has 10 heteroatoms. The fraction of sp³-hybridized carbons (Fsp3) is 0.692. The molecule has 0 unspecified atom stereocenters. The van der Waals surface area contributed by atoms with E-state index < -0.39 is 16.1 Å². The maximum absolute atomic E-state index is 12.3. The van der Waals surface area contributed by atoms with Gasteiger partial charge in [-0.15, -0.1) is 12.4 Å². The van der Waals surface area contributed by atoms with Crippen LogP contribution in [0.15, 0.2) is 16.9 Å². The van der Waals surface area contributed by atoms with Crippen molar-refractivity contribution in [3.63, 3.8) is 0 Å². The van der Waals surface area contributed by atoms with Gasteiger partial charge in [0.05, 0.1) is 11.7 Å². The summed E-state index contributed by atoms with van der Waals surface area (Å²) in [6, 6.07) is 0.984. The predicted octanol–water partition coefficient (Wildman–Crippen LogP) is 0.0537. The second kappa shape index (κ2) is 8.09. The van der Waals surface area contributed by atoms with Gasteiger partial charge in [-0.05, 0) is 5.92 Å².